The van der Waals surface area contributed by atoms with Crippen LogP contribution in [-0.4, -0.2) is 29.9 Å². The van der Waals surface area contributed by atoms with Gasteiger partial charge < -0.3 is 25.7 Å². The number of amides is 2. The van der Waals surface area contributed by atoms with Crippen LogP contribution in [0.25, 0.3) is 11.6 Å². The molecule has 0 spiro atoms. The monoisotopic (exact) mass is 567 g/mol. The summed E-state index contributed by atoms with van der Waals surface area (Å²) < 4.78 is 6.07. The molecule has 6 rings (SSSR count). The van der Waals surface area contributed by atoms with E-state index in [-0.39, 0.29) is 18.2 Å². The van der Waals surface area contributed by atoms with E-state index in [1.54, 1.807) is 12.3 Å². The fourth-order valence-corrected chi connectivity index (χ4v) is 6.24. The van der Waals surface area contributed by atoms with Crippen molar-refractivity contribution in [1.29, 1.82) is 0 Å². The molecule has 2 aromatic carbocycles. The molecule has 2 amide bonds. The van der Waals surface area contributed by atoms with Crippen LogP contribution >= 0.6 is 11.3 Å². The van der Waals surface area contributed by atoms with Crippen molar-refractivity contribution in [1.82, 2.24) is 10.3 Å². The molecule has 4 aromatic rings. The second-order valence-corrected chi connectivity index (χ2v) is 11.8. The molecular weight excluding hydrogens is 534 g/mol. The van der Waals surface area contributed by atoms with Gasteiger partial charge >= 0.3 is 0 Å². The number of nitrogens with two attached hydrogens (primary N) is 1. The average Bonchev–Trinajstić information content (AvgIpc) is 3.66. The summed E-state index contributed by atoms with van der Waals surface area (Å²) in [7, 11) is 0. The van der Waals surface area contributed by atoms with Crippen LogP contribution in [-0.2, 0) is 16.0 Å². The van der Waals surface area contributed by atoms with Gasteiger partial charge in [0.15, 0.2) is 5.13 Å². The largest absolute Gasteiger partial charge is 0.464 e. The van der Waals surface area contributed by atoms with Gasteiger partial charge in [0.2, 0.25) is 5.91 Å². The molecule has 1 unspecified atom stereocenters. The molecule has 4 N–H and O–H groups in total. The van der Waals surface area contributed by atoms with E-state index in [1.165, 1.54) is 23.3 Å². The SMILES string of the molecule is Cc1ccc(C(NC(=O)Cc2ccc3c(c2)C(=Cc2cnc(N)s2)C(=O)N3)c2ccc(C)o2)c(N2CCCCC2)c1. The first-order valence-corrected chi connectivity index (χ1v) is 14.7. The van der Waals surface area contributed by atoms with E-state index in [9.17, 15) is 9.59 Å². The van der Waals surface area contributed by atoms with Crippen molar-refractivity contribution < 1.29 is 14.0 Å². The number of fused-ring (bicyclic) bond motifs is 1. The first-order chi connectivity index (χ1) is 19.8. The van der Waals surface area contributed by atoms with Gasteiger partial charge in [-0.2, -0.15) is 0 Å². The van der Waals surface area contributed by atoms with Crippen LogP contribution in [0.3, 0.4) is 0 Å². The third kappa shape index (κ3) is 5.76. The number of hydrogen-bond acceptors (Lipinski definition) is 7. The Balaban J connectivity index is 1.28. The van der Waals surface area contributed by atoms with Gasteiger partial charge in [-0.05, 0) is 80.6 Å². The number of aryl methyl sites for hydroxylation is 2. The van der Waals surface area contributed by atoms with Gasteiger partial charge in [-0.1, -0.05) is 29.5 Å². The average molecular weight is 568 g/mol. The zero-order valence-electron chi connectivity index (χ0n) is 23.2. The topological polar surface area (TPSA) is 113 Å². The Labute approximate surface area is 243 Å². The molecule has 4 heterocycles. The molecule has 2 aliphatic rings. The van der Waals surface area contributed by atoms with E-state index in [4.69, 9.17) is 10.2 Å². The highest BCUT2D eigenvalue weighted by molar-refractivity contribution is 7.16. The predicted octanol–water partition coefficient (Wildman–Crippen LogP) is 5.87. The standard InChI is InChI=1S/C32H33N5O3S/c1-19-6-9-23(27(14-19)37-12-4-3-5-13-37)30(28-11-7-20(2)40-28)36-29(38)16-21-8-10-26-24(15-21)25(31(39)35-26)17-22-18-34-32(33)41-22/h6-11,14-15,17-18,30H,3-5,12-13,16H2,1-2H3,(H2,33,34)(H,35,39)(H,36,38). The van der Waals surface area contributed by atoms with E-state index in [0.717, 1.165) is 64.6 Å². The second-order valence-electron chi connectivity index (χ2n) is 10.7. The Hall–Kier alpha value is -4.37. The fraction of sp³-hybridized carbons (Fsp3) is 0.281. The Kier molecular flexibility index (Phi) is 7.36. The van der Waals surface area contributed by atoms with Crippen LogP contribution in [0.5, 0.6) is 0 Å². The molecule has 8 nitrogen and oxygen atoms in total. The third-order valence-corrected chi connectivity index (χ3v) is 8.38. The molecule has 0 bridgehead atoms. The summed E-state index contributed by atoms with van der Waals surface area (Å²) in [6, 6.07) is 15.5. The lowest BCUT2D eigenvalue weighted by Gasteiger charge is -2.32. The zero-order valence-corrected chi connectivity index (χ0v) is 24.0. The minimum Gasteiger partial charge on any atom is -0.464 e. The number of furan rings is 1. The molecule has 210 valence electrons. The maximum absolute atomic E-state index is 13.6. The number of benzene rings is 2. The summed E-state index contributed by atoms with van der Waals surface area (Å²) in [5, 5.41) is 6.61. The second kappa shape index (κ2) is 11.2. The van der Waals surface area contributed by atoms with Crippen molar-refractivity contribution in [2.24, 2.45) is 0 Å². The number of aromatic nitrogens is 1. The van der Waals surface area contributed by atoms with Crippen molar-refractivity contribution in [3.8, 4) is 0 Å². The highest BCUT2D eigenvalue weighted by Crippen LogP contribution is 2.36. The summed E-state index contributed by atoms with van der Waals surface area (Å²) in [5.74, 6) is 1.18. The van der Waals surface area contributed by atoms with Crippen molar-refractivity contribution in [2.75, 3.05) is 29.0 Å². The summed E-state index contributed by atoms with van der Waals surface area (Å²) in [6.07, 6.45) is 7.15. The summed E-state index contributed by atoms with van der Waals surface area (Å²) in [5.41, 5.74) is 11.9. The molecule has 9 heteroatoms. The number of thiazole rings is 1. The number of nitrogen functional groups attached to an aromatic ring is 1. The van der Waals surface area contributed by atoms with Crippen LogP contribution in [0.2, 0.25) is 0 Å². The van der Waals surface area contributed by atoms with E-state index in [2.05, 4.69) is 45.6 Å². The normalized spacial score (nSPS) is 16.5. The van der Waals surface area contributed by atoms with Gasteiger partial charge in [-0.3, -0.25) is 9.59 Å². The minimum absolute atomic E-state index is 0.132. The van der Waals surface area contributed by atoms with Gasteiger partial charge in [0, 0.05) is 46.7 Å². The van der Waals surface area contributed by atoms with Crippen LogP contribution < -0.4 is 21.3 Å². The molecule has 2 aromatic heterocycles. The summed E-state index contributed by atoms with van der Waals surface area (Å²) in [6.45, 7) is 6.01. The van der Waals surface area contributed by atoms with Gasteiger partial charge in [0.25, 0.3) is 5.91 Å². The third-order valence-electron chi connectivity index (χ3n) is 7.60. The highest BCUT2D eigenvalue weighted by atomic mass is 32.1. The van der Waals surface area contributed by atoms with Crippen molar-refractivity contribution in [2.45, 2.75) is 45.6 Å². The van der Waals surface area contributed by atoms with E-state index in [0.29, 0.717) is 16.5 Å². The van der Waals surface area contributed by atoms with Crippen molar-refractivity contribution >= 4 is 51.3 Å². The smallest absolute Gasteiger partial charge is 0.256 e. The van der Waals surface area contributed by atoms with Crippen LogP contribution in [0.1, 0.15) is 64.0 Å². The highest BCUT2D eigenvalue weighted by Gasteiger charge is 2.28. The maximum Gasteiger partial charge on any atom is 0.256 e. The van der Waals surface area contributed by atoms with Crippen LogP contribution in [0.15, 0.2) is 59.1 Å². The first kappa shape index (κ1) is 26.8. The zero-order chi connectivity index (χ0) is 28.5. The molecule has 0 radical (unpaired) electrons. The Morgan fingerprint density at radius 1 is 1.15 bits per heavy atom. The molecule has 0 saturated carbocycles. The number of piperidine rings is 1. The lowest BCUT2D eigenvalue weighted by Crippen LogP contribution is -2.34. The van der Waals surface area contributed by atoms with Crippen LogP contribution in [0.4, 0.5) is 16.5 Å². The lowest BCUT2D eigenvalue weighted by atomic mass is 9.97. The van der Waals surface area contributed by atoms with E-state index < -0.39 is 6.04 Å². The Bertz CT molecular complexity index is 1650. The molecule has 1 saturated heterocycles. The fourth-order valence-electron chi connectivity index (χ4n) is 5.61. The molecule has 1 atom stereocenters. The molecule has 1 fully saturated rings. The van der Waals surface area contributed by atoms with Gasteiger partial charge in [-0.25, -0.2) is 4.98 Å². The molecule has 41 heavy (non-hydrogen) atoms. The number of nitrogens with one attached hydrogen (secondary N) is 2. The van der Waals surface area contributed by atoms with Crippen molar-refractivity contribution in [3.05, 3.63) is 93.4 Å². The summed E-state index contributed by atoms with van der Waals surface area (Å²) >= 11 is 1.32. The van der Waals surface area contributed by atoms with Gasteiger partial charge in [-0.15, -0.1) is 0 Å². The quantitative estimate of drug-likeness (QED) is 0.241. The molecule has 2 aliphatic heterocycles. The Morgan fingerprint density at radius 2 is 1.98 bits per heavy atom. The number of anilines is 3. The molecule has 0 aliphatic carbocycles. The summed E-state index contributed by atoms with van der Waals surface area (Å²) in [4.78, 5) is 33.6. The molecular formula is C32H33N5O3S. The number of hydrogen-bond donors (Lipinski definition) is 3. The van der Waals surface area contributed by atoms with Gasteiger partial charge in [0.1, 0.15) is 17.6 Å². The van der Waals surface area contributed by atoms with E-state index >= 15 is 0 Å². The maximum atomic E-state index is 13.6. The van der Waals surface area contributed by atoms with Crippen molar-refractivity contribution in [3.63, 3.8) is 0 Å². The number of carbonyl (C=O) groups excluding carboxylic acids is 2. The predicted molar refractivity (Wildman–Crippen MR) is 164 cm³/mol. The number of rotatable bonds is 7. The van der Waals surface area contributed by atoms with Crippen LogP contribution in [0, 0.1) is 13.8 Å². The first-order valence-electron chi connectivity index (χ1n) is 13.9. The number of nitrogens with zero attached hydrogens (tertiary/aromatic N) is 2. The number of carbonyl (C=O) groups is 2. The lowest BCUT2D eigenvalue weighted by molar-refractivity contribution is -0.121. The minimum atomic E-state index is -0.432. The Morgan fingerprint density at radius 3 is 2.71 bits per heavy atom. The van der Waals surface area contributed by atoms with E-state index in [1.807, 2.05) is 37.3 Å². The van der Waals surface area contributed by atoms with Gasteiger partial charge in [0.05, 0.1) is 12.0 Å².